The van der Waals surface area contributed by atoms with E-state index in [0.29, 0.717) is 17.6 Å². The fourth-order valence-corrected chi connectivity index (χ4v) is 2.88. The summed E-state index contributed by atoms with van der Waals surface area (Å²) in [4.78, 5) is 13.8. The van der Waals surface area contributed by atoms with Crippen LogP contribution in [0.5, 0.6) is 0 Å². The van der Waals surface area contributed by atoms with Crippen molar-refractivity contribution in [2.75, 3.05) is 13.1 Å². The minimum Gasteiger partial charge on any atom is -0.380 e. The van der Waals surface area contributed by atoms with E-state index in [0.717, 1.165) is 5.52 Å². The zero-order chi connectivity index (χ0) is 17.5. The van der Waals surface area contributed by atoms with Crippen molar-refractivity contribution in [1.29, 1.82) is 0 Å². The van der Waals surface area contributed by atoms with Gasteiger partial charge in [-0.1, -0.05) is 5.21 Å². The second kappa shape index (κ2) is 5.73. The van der Waals surface area contributed by atoms with Gasteiger partial charge in [-0.25, -0.2) is 4.68 Å². The van der Waals surface area contributed by atoms with Gasteiger partial charge >= 0.3 is 6.18 Å². The lowest BCUT2D eigenvalue weighted by molar-refractivity contribution is -0.271. The fraction of sp³-hybridized carbons (Fsp3) is 0.533. The minimum atomic E-state index is -4.68. The van der Waals surface area contributed by atoms with Gasteiger partial charge in [0.15, 0.2) is 5.60 Å². The molecule has 1 aromatic heterocycles. The Labute approximate surface area is 135 Å². The first-order valence-electron chi connectivity index (χ1n) is 7.67. The van der Waals surface area contributed by atoms with Gasteiger partial charge in [0, 0.05) is 38.0 Å². The van der Waals surface area contributed by atoms with Gasteiger partial charge in [-0.2, -0.15) is 13.2 Å². The number of halogens is 3. The summed E-state index contributed by atoms with van der Waals surface area (Å²) in [6.07, 6.45) is -5.72. The van der Waals surface area contributed by atoms with Crippen molar-refractivity contribution in [3.63, 3.8) is 0 Å². The van der Waals surface area contributed by atoms with Crippen LogP contribution < -0.4 is 0 Å². The van der Waals surface area contributed by atoms with E-state index in [1.54, 1.807) is 22.9 Å². The SMILES string of the molecule is CCn1nnc2cc(C(=O)N3CCC(O)(C(F)(F)F)CC3)ccc21. The normalized spacial score (nSPS) is 18.1. The first-order chi connectivity index (χ1) is 11.2. The van der Waals surface area contributed by atoms with E-state index in [9.17, 15) is 23.1 Å². The van der Waals surface area contributed by atoms with Crippen LogP contribution >= 0.6 is 0 Å². The van der Waals surface area contributed by atoms with Crippen molar-refractivity contribution < 1.29 is 23.1 Å². The smallest absolute Gasteiger partial charge is 0.380 e. The van der Waals surface area contributed by atoms with Gasteiger partial charge < -0.3 is 10.0 Å². The van der Waals surface area contributed by atoms with Crippen LogP contribution in [0.2, 0.25) is 0 Å². The molecule has 1 saturated heterocycles. The second-order valence-electron chi connectivity index (χ2n) is 5.93. The number of carbonyl (C=O) groups excluding carboxylic acids is 1. The van der Waals surface area contributed by atoms with Crippen LogP contribution in [0, 0.1) is 0 Å². The van der Waals surface area contributed by atoms with Crippen LogP contribution in [-0.4, -0.2) is 55.8 Å². The van der Waals surface area contributed by atoms with Gasteiger partial charge in [0.1, 0.15) is 5.52 Å². The first-order valence-corrected chi connectivity index (χ1v) is 7.67. The topological polar surface area (TPSA) is 71.2 Å². The zero-order valence-corrected chi connectivity index (χ0v) is 13.0. The second-order valence-corrected chi connectivity index (χ2v) is 5.93. The highest BCUT2D eigenvalue weighted by molar-refractivity contribution is 5.97. The number of rotatable bonds is 2. The Morgan fingerprint density at radius 1 is 1.33 bits per heavy atom. The number of likely N-dealkylation sites (tertiary alicyclic amines) is 1. The quantitative estimate of drug-likeness (QED) is 0.906. The Morgan fingerprint density at radius 2 is 2.00 bits per heavy atom. The lowest BCUT2D eigenvalue weighted by atomic mass is 9.90. The molecule has 1 amide bonds. The predicted molar refractivity (Wildman–Crippen MR) is 79.3 cm³/mol. The van der Waals surface area contributed by atoms with E-state index in [2.05, 4.69) is 10.3 Å². The average Bonchev–Trinajstić information content (AvgIpc) is 2.96. The maximum Gasteiger partial charge on any atom is 0.417 e. The summed E-state index contributed by atoms with van der Waals surface area (Å²) in [5.41, 5.74) is -1.01. The van der Waals surface area contributed by atoms with Crippen LogP contribution in [0.15, 0.2) is 18.2 Å². The van der Waals surface area contributed by atoms with Gasteiger partial charge in [-0.3, -0.25) is 4.79 Å². The molecule has 1 aliphatic rings. The lowest BCUT2D eigenvalue weighted by Gasteiger charge is -2.39. The molecule has 2 heterocycles. The number of alkyl halides is 3. The molecule has 1 fully saturated rings. The number of piperidine rings is 1. The molecule has 24 heavy (non-hydrogen) atoms. The van der Waals surface area contributed by atoms with Crippen LogP contribution in [0.1, 0.15) is 30.1 Å². The van der Waals surface area contributed by atoms with E-state index < -0.39 is 24.6 Å². The van der Waals surface area contributed by atoms with Crippen molar-refractivity contribution in [3.8, 4) is 0 Å². The molecular weight excluding hydrogens is 325 g/mol. The summed E-state index contributed by atoms with van der Waals surface area (Å²) in [7, 11) is 0. The van der Waals surface area contributed by atoms with Crippen molar-refractivity contribution in [2.45, 2.75) is 38.1 Å². The van der Waals surface area contributed by atoms with Gasteiger partial charge in [0.2, 0.25) is 0 Å². The van der Waals surface area contributed by atoms with Gasteiger partial charge in [-0.15, -0.1) is 5.10 Å². The summed E-state index contributed by atoms with van der Waals surface area (Å²) < 4.78 is 40.1. The molecule has 1 N–H and O–H groups in total. The van der Waals surface area contributed by atoms with Crippen molar-refractivity contribution in [2.24, 2.45) is 0 Å². The Bertz CT molecular complexity index is 764. The average molecular weight is 342 g/mol. The molecule has 130 valence electrons. The molecule has 0 aliphatic carbocycles. The van der Waals surface area contributed by atoms with Crippen LogP contribution in [0.4, 0.5) is 13.2 Å². The van der Waals surface area contributed by atoms with Gasteiger partial charge in [0.05, 0.1) is 5.52 Å². The number of hydrogen-bond donors (Lipinski definition) is 1. The number of aryl methyl sites for hydroxylation is 1. The summed E-state index contributed by atoms with van der Waals surface area (Å²) in [5.74, 6) is -0.368. The zero-order valence-electron chi connectivity index (χ0n) is 13.0. The van der Waals surface area contributed by atoms with Gasteiger partial charge in [0.25, 0.3) is 5.91 Å². The maximum atomic E-state index is 12.8. The molecule has 6 nitrogen and oxygen atoms in total. The molecule has 0 spiro atoms. The van der Waals surface area contributed by atoms with Crippen molar-refractivity contribution in [3.05, 3.63) is 23.8 Å². The monoisotopic (exact) mass is 342 g/mol. The van der Waals surface area contributed by atoms with E-state index >= 15 is 0 Å². The van der Waals surface area contributed by atoms with Crippen molar-refractivity contribution in [1.82, 2.24) is 19.9 Å². The summed E-state index contributed by atoms with van der Waals surface area (Å²) in [6, 6.07) is 4.92. The number of amides is 1. The Hall–Kier alpha value is -2.16. The lowest BCUT2D eigenvalue weighted by Crippen LogP contribution is -2.54. The molecule has 2 aromatic rings. The number of aromatic nitrogens is 3. The largest absolute Gasteiger partial charge is 0.417 e. The Morgan fingerprint density at radius 3 is 2.58 bits per heavy atom. The molecule has 3 rings (SSSR count). The molecular formula is C15H17F3N4O2. The first kappa shape index (κ1) is 16.7. The number of carbonyl (C=O) groups is 1. The summed E-state index contributed by atoms with van der Waals surface area (Å²) in [5, 5.41) is 17.6. The number of fused-ring (bicyclic) bond motifs is 1. The summed E-state index contributed by atoms with van der Waals surface area (Å²) in [6.45, 7) is 2.28. The highest BCUT2D eigenvalue weighted by Crippen LogP contribution is 2.38. The molecule has 1 aliphatic heterocycles. The highest BCUT2D eigenvalue weighted by Gasteiger charge is 2.54. The standard InChI is InChI=1S/C15H17F3N4O2/c1-2-22-12-4-3-10(9-11(12)19-20-22)13(23)21-7-5-14(24,6-8-21)15(16,17)18/h3-4,9,24H,2,5-8H2,1H3. The fourth-order valence-electron chi connectivity index (χ4n) is 2.88. The molecule has 0 atom stereocenters. The number of nitrogens with zero attached hydrogens (tertiary/aromatic N) is 4. The van der Waals surface area contributed by atoms with E-state index in [1.165, 1.54) is 4.90 Å². The Kier molecular flexibility index (Phi) is 3.98. The third-order valence-corrected chi connectivity index (χ3v) is 4.47. The van der Waals surface area contributed by atoms with Crippen LogP contribution in [0.25, 0.3) is 11.0 Å². The molecule has 0 radical (unpaired) electrons. The number of aliphatic hydroxyl groups is 1. The summed E-state index contributed by atoms with van der Waals surface area (Å²) >= 11 is 0. The molecule has 0 unspecified atom stereocenters. The van der Waals surface area contributed by atoms with Crippen molar-refractivity contribution >= 4 is 16.9 Å². The third-order valence-electron chi connectivity index (χ3n) is 4.47. The molecule has 9 heteroatoms. The van der Waals surface area contributed by atoms with Crippen LogP contribution in [-0.2, 0) is 6.54 Å². The molecule has 1 aromatic carbocycles. The van der Waals surface area contributed by atoms with Gasteiger partial charge in [-0.05, 0) is 25.1 Å². The Balaban J connectivity index is 1.76. The molecule has 0 saturated carbocycles. The van der Waals surface area contributed by atoms with E-state index in [1.807, 2.05) is 6.92 Å². The highest BCUT2D eigenvalue weighted by atomic mass is 19.4. The molecule has 0 bridgehead atoms. The third kappa shape index (κ3) is 2.72. The number of benzene rings is 1. The van der Waals surface area contributed by atoms with E-state index in [4.69, 9.17) is 0 Å². The predicted octanol–water partition coefficient (Wildman–Crippen LogP) is 1.98. The number of hydrogen-bond acceptors (Lipinski definition) is 4. The van der Waals surface area contributed by atoms with Crippen LogP contribution in [0.3, 0.4) is 0 Å². The minimum absolute atomic E-state index is 0.144. The maximum absolute atomic E-state index is 12.8. The van der Waals surface area contributed by atoms with E-state index in [-0.39, 0.29) is 19.0 Å².